The van der Waals surface area contributed by atoms with E-state index in [2.05, 4.69) is 34.4 Å². The summed E-state index contributed by atoms with van der Waals surface area (Å²) in [7, 11) is 1.65. The van der Waals surface area contributed by atoms with Gasteiger partial charge in [0.25, 0.3) is 5.91 Å². The van der Waals surface area contributed by atoms with Crippen molar-refractivity contribution in [1.29, 1.82) is 0 Å². The van der Waals surface area contributed by atoms with Crippen LogP contribution >= 0.6 is 11.3 Å². The van der Waals surface area contributed by atoms with Gasteiger partial charge < -0.3 is 10.6 Å². The Labute approximate surface area is 117 Å². The summed E-state index contributed by atoms with van der Waals surface area (Å²) in [5, 5.41) is 10.3. The highest BCUT2D eigenvalue weighted by Crippen LogP contribution is 2.25. The van der Waals surface area contributed by atoms with Gasteiger partial charge in [0.05, 0.1) is 0 Å². The molecule has 1 unspecified atom stereocenters. The molecule has 19 heavy (non-hydrogen) atoms. The molecule has 2 rings (SSSR count). The van der Waals surface area contributed by atoms with Crippen molar-refractivity contribution >= 4 is 22.9 Å². The fourth-order valence-electron chi connectivity index (χ4n) is 2.01. The van der Waals surface area contributed by atoms with Crippen LogP contribution in [0.4, 0.5) is 5.69 Å². The monoisotopic (exact) mass is 274 g/mol. The molecule has 1 atom stereocenters. The van der Waals surface area contributed by atoms with Gasteiger partial charge >= 0.3 is 0 Å². The molecule has 0 aliphatic carbocycles. The van der Waals surface area contributed by atoms with E-state index in [0.717, 1.165) is 11.3 Å². The molecular formula is C15H18N2OS. The van der Waals surface area contributed by atoms with E-state index in [4.69, 9.17) is 0 Å². The van der Waals surface area contributed by atoms with E-state index in [1.807, 2.05) is 25.1 Å². The Morgan fingerprint density at radius 1 is 1.32 bits per heavy atom. The molecule has 0 aliphatic heterocycles. The number of carbonyl (C=O) groups excluding carboxylic acids is 1. The Kier molecular flexibility index (Phi) is 4.22. The third-order valence-electron chi connectivity index (χ3n) is 3.22. The molecule has 1 amide bonds. The Balaban J connectivity index is 2.24. The van der Waals surface area contributed by atoms with Crippen molar-refractivity contribution in [1.82, 2.24) is 5.32 Å². The van der Waals surface area contributed by atoms with Crippen LogP contribution in [0.1, 0.15) is 34.5 Å². The molecule has 100 valence electrons. The first-order chi connectivity index (χ1) is 9.13. The van der Waals surface area contributed by atoms with Crippen LogP contribution in [0.25, 0.3) is 0 Å². The molecule has 0 aliphatic rings. The van der Waals surface area contributed by atoms with E-state index >= 15 is 0 Å². The molecule has 0 bridgehead atoms. The number of hydrogen-bond acceptors (Lipinski definition) is 3. The number of anilines is 1. The second kappa shape index (κ2) is 5.89. The molecule has 0 radical (unpaired) electrons. The third-order valence-corrected chi connectivity index (χ3v) is 3.92. The van der Waals surface area contributed by atoms with Crippen molar-refractivity contribution < 1.29 is 4.79 Å². The number of carbonyl (C=O) groups is 1. The van der Waals surface area contributed by atoms with Gasteiger partial charge in [-0.2, -0.15) is 11.3 Å². The van der Waals surface area contributed by atoms with Crippen LogP contribution in [-0.4, -0.2) is 13.0 Å². The summed E-state index contributed by atoms with van der Waals surface area (Å²) in [4.78, 5) is 11.8. The van der Waals surface area contributed by atoms with Gasteiger partial charge in [0, 0.05) is 24.3 Å². The van der Waals surface area contributed by atoms with Crippen molar-refractivity contribution in [2.24, 2.45) is 0 Å². The lowest BCUT2D eigenvalue weighted by atomic mass is 10.0. The average molecular weight is 274 g/mol. The van der Waals surface area contributed by atoms with Crippen molar-refractivity contribution in [3.8, 4) is 0 Å². The van der Waals surface area contributed by atoms with Crippen LogP contribution < -0.4 is 10.6 Å². The average Bonchev–Trinajstić information content (AvgIpc) is 2.94. The van der Waals surface area contributed by atoms with Crippen molar-refractivity contribution in [2.45, 2.75) is 19.9 Å². The van der Waals surface area contributed by atoms with Crippen molar-refractivity contribution in [3.63, 3.8) is 0 Å². The summed E-state index contributed by atoms with van der Waals surface area (Å²) in [6.07, 6.45) is 0. The summed E-state index contributed by atoms with van der Waals surface area (Å²) in [5.74, 6) is -0.0515. The summed E-state index contributed by atoms with van der Waals surface area (Å²) in [5.41, 5.74) is 3.95. The topological polar surface area (TPSA) is 41.1 Å². The van der Waals surface area contributed by atoms with Gasteiger partial charge in [0.2, 0.25) is 0 Å². The first-order valence-corrected chi connectivity index (χ1v) is 7.18. The Hall–Kier alpha value is -1.81. The van der Waals surface area contributed by atoms with Crippen LogP contribution in [0, 0.1) is 6.92 Å². The molecule has 3 nitrogen and oxygen atoms in total. The van der Waals surface area contributed by atoms with E-state index in [0.29, 0.717) is 5.56 Å². The van der Waals surface area contributed by atoms with Crippen LogP contribution in [0.5, 0.6) is 0 Å². The van der Waals surface area contributed by atoms with Gasteiger partial charge in [0.15, 0.2) is 0 Å². The lowest BCUT2D eigenvalue weighted by molar-refractivity contribution is 0.0962. The van der Waals surface area contributed by atoms with Crippen LogP contribution in [0.15, 0.2) is 35.0 Å². The van der Waals surface area contributed by atoms with Gasteiger partial charge in [-0.1, -0.05) is 6.07 Å². The molecule has 1 aromatic carbocycles. The quantitative estimate of drug-likeness (QED) is 0.894. The number of nitrogens with one attached hydrogen (secondary N) is 2. The summed E-state index contributed by atoms with van der Waals surface area (Å²) >= 11 is 1.69. The van der Waals surface area contributed by atoms with Gasteiger partial charge in [-0.25, -0.2) is 0 Å². The minimum Gasteiger partial charge on any atom is -0.378 e. The van der Waals surface area contributed by atoms with Crippen LogP contribution in [-0.2, 0) is 0 Å². The number of hydrogen-bond donors (Lipinski definition) is 2. The second-order valence-electron chi connectivity index (χ2n) is 4.48. The minimum absolute atomic E-state index is 0.0515. The molecule has 0 saturated heterocycles. The predicted molar refractivity (Wildman–Crippen MR) is 80.9 cm³/mol. The fourth-order valence-corrected chi connectivity index (χ4v) is 2.76. The SMILES string of the molecule is CNC(=O)c1cccc(NC(C)c2ccsc2)c1C. The molecule has 0 fully saturated rings. The lowest BCUT2D eigenvalue weighted by Gasteiger charge is -2.17. The van der Waals surface area contributed by atoms with E-state index in [1.54, 1.807) is 18.4 Å². The zero-order valence-electron chi connectivity index (χ0n) is 11.4. The Morgan fingerprint density at radius 3 is 2.74 bits per heavy atom. The molecule has 1 aromatic heterocycles. The highest BCUT2D eigenvalue weighted by atomic mass is 32.1. The maximum absolute atomic E-state index is 11.8. The third kappa shape index (κ3) is 2.96. The summed E-state index contributed by atoms with van der Waals surface area (Å²) in [6, 6.07) is 8.09. The zero-order valence-corrected chi connectivity index (χ0v) is 12.2. The molecular weight excluding hydrogens is 256 g/mol. The normalized spacial score (nSPS) is 11.9. The molecule has 4 heteroatoms. The number of thiophene rings is 1. The van der Waals surface area contributed by atoms with E-state index in [-0.39, 0.29) is 11.9 Å². The molecule has 0 saturated carbocycles. The van der Waals surface area contributed by atoms with Crippen molar-refractivity contribution in [3.05, 3.63) is 51.7 Å². The summed E-state index contributed by atoms with van der Waals surface area (Å²) < 4.78 is 0. The largest absolute Gasteiger partial charge is 0.378 e. The maximum Gasteiger partial charge on any atom is 0.251 e. The predicted octanol–water partition coefficient (Wildman–Crippen LogP) is 3.59. The molecule has 2 aromatic rings. The number of amides is 1. The molecule has 1 heterocycles. The number of benzene rings is 1. The van der Waals surface area contributed by atoms with E-state index < -0.39 is 0 Å². The van der Waals surface area contributed by atoms with Gasteiger partial charge in [0.1, 0.15) is 0 Å². The standard InChI is InChI=1S/C15H18N2OS/c1-10-13(15(18)16-3)5-4-6-14(10)17-11(2)12-7-8-19-9-12/h4-9,11,17H,1-3H3,(H,16,18). The zero-order chi connectivity index (χ0) is 13.8. The van der Waals surface area contributed by atoms with Crippen LogP contribution in [0.2, 0.25) is 0 Å². The van der Waals surface area contributed by atoms with E-state index in [9.17, 15) is 4.79 Å². The highest BCUT2D eigenvalue weighted by Gasteiger charge is 2.12. The van der Waals surface area contributed by atoms with Crippen LogP contribution in [0.3, 0.4) is 0 Å². The van der Waals surface area contributed by atoms with Gasteiger partial charge in [-0.3, -0.25) is 4.79 Å². The Bertz CT molecular complexity index is 564. The maximum atomic E-state index is 11.8. The Morgan fingerprint density at radius 2 is 2.11 bits per heavy atom. The first-order valence-electron chi connectivity index (χ1n) is 6.23. The fraction of sp³-hybridized carbons (Fsp3) is 0.267. The van der Waals surface area contributed by atoms with E-state index in [1.165, 1.54) is 5.56 Å². The lowest BCUT2D eigenvalue weighted by Crippen LogP contribution is -2.19. The smallest absolute Gasteiger partial charge is 0.251 e. The summed E-state index contributed by atoms with van der Waals surface area (Å²) in [6.45, 7) is 4.08. The van der Waals surface area contributed by atoms with Gasteiger partial charge in [-0.05, 0) is 53.9 Å². The highest BCUT2D eigenvalue weighted by molar-refractivity contribution is 7.07. The minimum atomic E-state index is -0.0515. The van der Waals surface area contributed by atoms with Crippen molar-refractivity contribution in [2.75, 3.05) is 12.4 Å². The number of rotatable bonds is 4. The molecule has 2 N–H and O–H groups in total. The van der Waals surface area contributed by atoms with Gasteiger partial charge in [-0.15, -0.1) is 0 Å². The first kappa shape index (κ1) is 13.6. The second-order valence-corrected chi connectivity index (χ2v) is 5.26. The molecule has 0 spiro atoms.